The van der Waals surface area contributed by atoms with Crippen LogP contribution in [0.3, 0.4) is 0 Å². The van der Waals surface area contributed by atoms with Crippen LogP contribution < -0.4 is 0 Å². The molecule has 104 valence electrons. The average Bonchev–Trinajstić information content (AvgIpc) is 2.40. The van der Waals surface area contributed by atoms with Gasteiger partial charge in [0.15, 0.2) is 0 Å². The zero-order valence-corrected chi connectivity index (χ0v) is 11.9. The molecule has 3 nitrogen and oxygen atoms in total. The van der Waals surface area contributed by atoms with Crippen molar-refractivity contribution in [2.24, 2.45) is 5.92 Å². The normalized spacial score (nSPS) is 12.2. The third-order valence-corrected chi connectivity index (χ3v) is 3.02. The van der Waals surface area contributed by atoms with E-state index in [1.165, 1.54) is 6.08 Å². The number of esters is 1. The fourth-order valence-corrected chi connectivity index (χ4v) is 1.88. The number of ether oxygens (including phenoxy) is 2. The zero-order chi connectivity index (χ0) is 14.3. The summed E-state index contributed by atoms with van der Waals surface area (Å²) >= 11 is 0. The van der Waals surface area contributed by atoms with Crippen LogP contribution in [0.1, 0.15) is 25.0 Å². The Morgan fingerprint density at radius 1 is 1.32 bits per heavy atom. The summed E-state index contributed by atoms with van der Waals surface area (Å²) in [6.07, 6.45) is 1.75. The second-order valence-electron chi connectivity index (χ2n) is 4.83. The number of hydrogen-bond donors (Lipinski definition) is 0. The van der Waals surface area contributed by atoms with E-state index in [1.807, 2.05) is 38.1 Å². The van der Waals surface area contributed by atoms with Gasteiger partial charge in [-0.05, 0) is 17.0 Å². The Kier molecular flexibility index (Phi) is 6.30. The monoisotopic (exact) mass is 262 g/mol. The van der Waals surface area contributed by atoms with Crippen LogP contribution in [0.5, 0.6) is 0 Å². The first kappa shape index (κ1) is 15.4. The van der Waals surface area contributed by atoms with Crippen molar-refractivity contribution < 1.29 is 14.3 Å². The van der Waals surface area contributed by atoms with Crippen LogP contribution >= 0.6 is 0 Å². The van der Waals surface area contributed by atoms with Gasteiger partial charge < -0.3 is 9.47 Å². The predicted octanol–water partition coefficient (Wildman–Crippen LogP) is 3.13. The summed E-state index contributed by atoms with van der Waals surface area (Å²) < 4.78 is 10.6. The number of benzene rings is 1. The Morgan fingerprint density at radius 3 is 2.47 bits per heavy atom. The van der Waals surface area contributed by atoms with E-state index in [0.29, 0.717) is 13.0 Å². The Hall–Kier alpha value is -1.61. The SMILES string of the molecule is C=CC(=O)OC(Cc1ccccc1COC)C(C)C. The Labute approximate surface area is 115 Å². The van der Waals surface area contributed by atoms with Crippen LogP contribution in [0.2, 0.25) is 0 Å². The van der Waals surface area contributed by atoms with Gasteiger partial charge in [-0.2, -0.15) is 0 Å². The minimum Gasteiger partial charge on any atom is -0.459 e. The van der Waals surface area contributed by atoms with Crippen LogP contribution in [0.25, 0.3) is 0 Å². The van der Waals surface area contributed by atoms with Gasteiger partial charge in [0, 0.05) is 19.6 Å². The molecule has 0 amide bonds. The minimum atomic E-state index is -0.372. The fourth-order valence-electron chi connectivity index (χ4n) is 1.88. The van der Waals surface area contributed by atoms with Crippen LogP contribution in [0, 0.1) is 5.92 Å². The van der Waals surface area contributed by atoms with Gasteiger partial charge in [0.2, 0.25) is 0 Å². The van der Waals surface area contributed by atoms with E-state index in [0.717, 1.165) is 11.1 Å². The molecule has 1 unspecified atom stereocenters. The maximum Gasteiger partial charge on any atom is 0.330 e. The Balaban J connectivity index is 2.84. The predicted molar refractivity (Wildman–Crippen MR) is 75.8 cm³/mol. The molecule has 0 saturated heterocycles. The quantitative estimate of drug-likeness (QED) is 0.559. The molecule has 0 aromatic heterocycles. The van der Waals surface area contributed by atoms with Crippen molar-refractivity contribution in [1.82, 2.24) is 0 Å². The number of rotatable bonds is 7. The molecular weight excluding hydrogens is 240 g/mol. The third-order valence-electron chi connectivity index (χ3n) is 3.02. The van der Waals surface area contributed by atoms with Crippen molar-refractivity contribution in [3.05, 3.63) is 48.0 Å². The fraction of sp³-hybridized carbons (Fsp3) is 0.438. The Bertz CT molecular complexity index is 424. The summed E-state index contributed by atoms with van der Waals surface area (Å²) in [5.41, 5.74) is 2.28. The van der Waals surface area contributed by atoms with Gasteiger partial charge in [0.25, 0.3) is 0 Å². The first-order valence-corrected chi connectivity index (χ1v) is 6.47. The van der Waals surface area contributed by atoms with Crippen molar-refractivity contribution in [1.29, 1.82) is 0 Å². The highest BCUT2D eigenvalue weighted by atomic mass is 16.5. The lowest BCUT2D eigenvalue weighted by molar-refractivity contribution is -0.145. The van der Waals surface area contributed by atoms with Crippen molar-refractivity contribution in [3.8, 4) is 0 Å². The van der Waals surface area contributed by atoms with Crippen molar-refractivity contribution >= 4 is 5.97 Å². The highest BCUT2D eigenvalue weighted by molar-refractivity contribution is 5.81. The second kappa shape index (κ2) is 7.74. The molecule has 0 heterocycles. The van der Waals surface area contributed by atoms with E-state index in [2.05, 4.69) is 6.58 Å². The molecule has 0 aliphatic carbocycles. The number of methoxy groups -OCH3 is 1. The van der Waals surface area contributed by atoms with Crippen LogP contribution in [0.4, 0.5) is 0 Å². The molecule has 0 N–H and O–H groups in total. The van der Waals surface area contributed by atoms with Gasteiger partial charge in [0.05, 0.1) is 6.61 Å². The molecule has 0 aliphatic heterocycles. The summed E-state index contributed by atoms with van der Waals surface area (Å²) in [6.45, 7) is 8.08. The third kappa shape index (κ3) is 4.87. The van der Waals surface area contributed by atoms with E-state index in [-0.39, 0.29) is 18.0 Å². The lowest BCUT2D eigenvalue weighted by Gasteiger charge is -2.22. The summed E-state index contributed by atoms with van der Waals surface area (Å²) in [4.78, 5) is 11.4. The molecule has 1 aromatic rings. The topological polar surface area (TPSA) is 35.5 Å². The first-order chi connectivity index (χ1) is 9.08. The lowest BCUT2D eigenvalue weighted by atomic mass is 9.96. The van der Waals surface area contributed by atoms with Gasteiger partial charge in [-0.1, -0.05) is 44.7 Å². The van der Waals surface area contributed by atoms with Crippen molar-refractivity contribution in [2.75, 3.05) is 7.11 Å². The Morgan fingerprint density at radius 2 is 1.95 bits per heavy atom. The van der Waals surface area contributed by atoms with Crippen molar-refractivity contribution in [3.63, 3.8) is 0 Å². The number of carbonyl (C=O) groups is 1. The molecule has 1 aromatic carbocycles. The second-order valence-corrected chi connectivity index (χ2v) is 4.83. The van der Waals surface area contributed by atoms with E-state index in [4.69, 9.17) is 9.47 Å². The van der Waals surface area contributed by atoms with Gasteiger partial charge in [-0.25, -0.2) is 4.79 Å². The van der Waals surface area contributed by atoms with Crippen molar-refractivity contribution in [2.45, 2.75) is 33.0 Å². The van der Waals surface area contributed by atoms with E-state index in [9.17, 15) is 4.79 Å². The molecular formula is C16H22O3. The molecule has 1 atom stereocenters. The lowest BCUT2D eigenvalue weighted by Crippen LogP contribution is -2.25. The molecule has 0 bridgehead atoms. The summed E-state index contributed by atoms with van der Waals surface area (Å²) in [7, 11) is 1.68. The first-order valence-electron chi connectivity index (χ1n) is 6.47. The van der Waals surface area contributed by atoms with Gasteiger partial charge in [0.1, 0.15) is 6.10 Å². The van der Waals surface area contributed by atoms with Crippen LogP contribution in [0.15, 0.2) is 36.9 Å². The maximum absolute atomic E-state index is 11.4. The molecule has 0 radical (unpaired) electrons. The smallest absolute Gasteiger partial charge is 0.330 e. The van der Waals surface area contributed by atoms with E-state index in [1.54, 1.807) is 7.11 Å². The summed E-state index contributed by atoms with van der Waals surface area (Å²) in [5.74, 6) is -0.123. The average molecular weight is 262 g/mol. The highest BCUT2D eigenvalue weighted by Crippen LogP contribution is 2.18. The zero-order valence-electron chi connectivity index (χ0n) is 11.9. The summed E-state index contributed by atoms with van der Waals surface area (Å²) in [6, 6.07) is 8.05. The largest absolute Gasteiger partial charge is 0.459 e. The van der Waals surface area contributed by atoms with Gasteiger partial charge in [-0.15, -0.1) is 0 Å². The molecule has 0 saturated carbocycles. The maximum atomic E-state index is 11.4. The molecule has 0 fully saturated rings. The van der Waals surface area contributed by atoms with E-state index < -0.39 is 0 Å². The molecule has 3 heteroatoms. The van der Waals surface area contributed by atoms with Gasteiger partial charge >= 0.3 is 5.97 Å². The van der Waals surface area contributed by atoms with E-state index >= 15 is 0 Å². The number of carbonyl (C=O) groups excluding carboxylic acids is 1. The number of hydrogen-bond acceptors (Lipinski definition) is 3. The standard InChI is InChI=1S/C16H22O3/c1-5-16(17)19-15(12(2)3)10-13-8-6-7-9-14(13)11-18-4/h5-9,12,15H,1,10-11H2,2-4H3. The summed E-state index contributed by atoms with van der Waals surface area (Å²) in [5, 5.41) is 0. The minimum absolute atomic E-state index is 0.150. The molecule has 19 heavy (non-hydrogen) atoms. The molecule has 1 rings (SSSR count). The van der Waals surface area contributed by atoms with Crippen LogP contribution in [-0.4, -0.2) is 19.2 Å². The highest BCUT2D eigenvalue weighted by Gasteiger charge is 2.19. The van der Waals surface area contributed by atoms with Gasteiger partial charge in [-0.3, -0.25) is 0 Å². The molecule has 0 aliphatic rings. The molecule has 0 spiro atoms. The van der Waals surface area contributed by atoms with Crippen LogP contribution in [-0.2, 0) is 27.3 Å².